The molecule has 2 aromatic rings. The Balaban J connectivity index is 2.20. The monoisotopic (exact) mass is 379 g/mol. The van der Waals surface area contributed by atoms with E-state index in [2.05, 4.69) is 20.8 Å². The summed E-state index contributed by atoms with van der Waals surface area (Å²) in [6, 6.07) is 2.80. The molecule has 0 aliphatic carbocycles. The van der Waals surface area contributed by atoms with Crippen molar-refractivity contribution in [3.05, 3.63) is 34.0 Å². The first kappa shape index (κ1) is 18.0. The van der Waals surface area contributed by atoms with Gasteiger partial charge in [-0.05, 0) is 42.0 Å². The van der Waals surface area contributed by atoms with Gasteiger partial charge in [-0.25, -0.2) is 4.79 Å². The Morgan fingerprint density at radius 1 is 1.35 bits per heavy atom. The van der Waals surface area contributed by atoms with Crippen molar-refractivity contribution in [2.24, 2.45) is 0 Å². The first-order valence-corrected chi connectivity index (χ1v) is 8.23. The van der Waals surface area contributed by atoms with Crippen LogP contribution < -0.4 is 14.8 Å². The van der Waals surface area contributed by atoms with Crippen LogP contribution in [0.4, 0.5) is 5.95 Å². The minimum atomic E-state index is -0.627. The SMILES string of the molecule is CCOC(=O)C1=C(C)Nc2nnnn2C1c1cc(Cl)c(OC)c(OC)c1. The number of hydrogen-bond donors (Lipinski definition) is 1. The summed E-state index contributed by atoms with van der Waals surface area (Å²) in [5, 5.41) is 15.0. The lowest BCUT2D eigenvalue weighted by Crippen LogP contribution is -2.29. The van der Waals surface area contributed by atoms with Crippen molar-refractivity contribution < 1.29 is 19.0 Å². The molecule has 0 saturated carbocycles. The predicted octanol–water partition coefficient (Wildman–Crippen LogP) is 2.20. The highest BCUT2D eigenvalue weighted by molar-refractivity contribution is 6.32. The molecule has 138 valence electrons. The Labute approximate surface area is 154 Å². The number of anilines is 1. The molecule has 0 bridgehead atoms. The summed E-state index contributed by atoms with van der Waals surface area (Å²) in [4.78, 5) is 12.6. The van der Waals surface area contributed by atoms with Crippen LogP contribution >= 0.6 is 11.6 Å². The number of nitrogens with zero attached hydrogens (tertiary/aromatic N) is 4. The summed E-state index contributed by atoms with van der Waals surface area (Å²) in [5.74, 6) is 0.784. The van der Waals surface area contributed by atoms with Crippen LogP contribution in [0.15, 0.2) is 23.4 Å². The van der Waals surface area contributed by atoms with Gasteiger partial charge in [0.25, 0.3) is 0 Å². The van der Waals surface area contributed by atoms with E-state index in [1.165, 1.54) is 18.9 Å². The molecule has 0 amide bonds. The molecule has 1 unspecified atom stereocenters. The van der Waals surface area contributed by atoms with Crippen molar-refractivity contribution in [1.29, 1.82) is 0 Å². The second-order valence-corrected chi connectivity index (χ2v) is 5.88. The Bertz CT molecular complexity index is 880. The molecular weight excluding hydrogens is 362 g/mol. The average Bonchev–Trinajstić information content (AvgIpc) is 3.07. The Morgan fingerprint density at radius 3 is 2.77 bits per heavy atom. The van der Waals surface area contributed by atoms with Crippen molar-refractivity contribution in [2.75, 3.05) is 26.1 Å². The molecule has 9 nitrogen and oxygen atoms in total. The van der Waals surface area contributed by atoms with Gasteiger partial charge in [0.05, 0.1) is 31.4 Å². The van der Waals surface area contributed by atoms with Gasteiger partial charge in [0, 0.05) is 5.70 Å². The van der Waals surface area contributed by atoms with E-state index in [0.29, 0.717) is 39.3 Å². The molecule has 0 fully saturated rings. The van der Waals surface area contributed by atoms with Gasteiger partial charge in [-0.3, -0.25) is 0 Å². The number of nitrogens with one attached hydrogen (secondary N) is 1. The van der Waals surface area contributed by atoms with Crippen molar-refractivity contribution in [3.8, 4) is 11.5 Å². The topological polar surface area (TPSA) is 100 Å². The predicted molar refractivity (Wildman–Crippen MR) is 93.5 cm³/mol. The van der Waals surface area contributed by atoms with Gasteiger partial charge >= 0.3 is 5.97 Å². The summed E-state index contributed by atoms with van der Waals surface area (Å²) < 4.78 is 17.4. The van der Waals surface area contributed by atoms with E-state index in [-0.39, 0.29) is 6.61 Å². The number of aromatic nitrogens is 4. The number of methoxy groups -OCH3 is 2. The minimum Gasteiger partial charge on any atom is -0.493 e. The fourth-order valence-electron chi connectivity index (χ4n) is 2.89. The van der Waals surface area contributed by atoms with E-state index in [9.17, 15) is 4.79 Å². The Kier molecular flexibility index (Phi) is 4.99. The number of esters is 1. The number of hydrogen-bond acceptors (Lipinski definition) is 8. The van der Waals surface area contributed by atoms with Gasteiger partial charge < -0.3 is 19.5 Å². The third kappa shape index (κ3) is 2.94. The molecule has 0 radical (unpaired) electrons. The van der Waals surface area contributed by atoms with E-state index in [1.807, 2.05) is 0 Å². The molecule has 3 rings (SSSR count). The molecule has 1 aliphatic heterocycles. The highest BCUT2D eigenvalue weighted by Gasteiger charge is 2.35. The van der Waals surface area contributed by atoms with Crippen molar-refractivity contribution in [3.63, 3.8) is 0 Å². The summed E-state index contributed by atoms with van der Waals surface area (Å²) in [7, 11) is 3.01. The van der Waals surface area contributed by atoms with E-state index < -0.39 is 12.0 Å². The van der Waals surface area contributed by atoms with E-state index in [0.717, 1.165) is 0 Å². The van der Waals surface area contributed by atoms with Crippen LogP contribution in [-0.2, 0) is 9.53 Å². The third-order valence-electron chi connectivity index (χ3n) is 3.98. The van der Waals surface area contributed by atoms with Crippen molar-refractivity contribution in [2.45, 2.75) is 19.9 Å². The quantitative estimate of drug-likeness (QED) is 0.789. The van der Waals surface area contributed by atoms with E-state index in [4.69, 9.17) is 25.8 Å². The number of fused-ring (bicyclic) bond motifs is 1. The third-order valence-corrected chi connectivity index (χ3v) is 4.26. The number of rotatable bonds is 5. The molecule has 1 aromatic carbocycles. The zero-order valence-electron chi connectivity index (χ0n) is 14.7. The average molecular weight is 380 g/mol. The van der Waals surface area contributed by atoms with E-state index in [1.54, 1.807) is 26.0 Å². The van der Waals surface area contributed by atoms with Gasteiger partial charge in [0.2, 0.25) is 5.95 Å². The van der Waals surface area contributed by atoms with Crippen LogP contribution in [0.25, 0.3) is 0 Å². The Hall–Kier alpha value is -2.81. The standard InChI is InChI=1S/C16H18ClN5O4/c1-5-26-15(23)12-8(2)18-16-19-20-21-22(16)13(12)9-6-10(17)14(25-4)11(7-9)24-3/h6-7,13H,5H2,1-4H3,(H,18,19,21). The molecule has 0 spiro atoms. The van der Waals surface area contributed by atoms with Crippen LogP contribution in [0.1, 0.15) is 25.5 Å². The lowest BCUT2D eigenvalue weighted by Gasteiger charge is -2.28. The molecule has 1 aliphatic rings. The first-order valence-electron chi connectivity index (χ1n) is 7.86. The molecule has 10 heteroatoms. The summed E-state index contributed by atoms with van der Waals surface area (Å²) >= 11 is 6.34. The second-order valence-electron chi connectivity index (χ2n) is 5.47. The molecular formula is C16H18ClN5O4. The van der Waals surface area contributed by atoms with Crippen LogP contribution in [0, 0.1) is 0 Å². The van der Waals surface area contributed by atoms with Gasteiger partial charge in [-0.1, -0.05) is 16.7 Å². The fourth-order valence-corrected chi connectivity index (χ4v) is 3.19. The molecule has 2 heterocycles. The number of ether oxygens (including phenoxy) is 3. The second kappa shape index (κ2) is 7.20. The lowest BCUT2D eigenvalue weighted by molar-refractivity contribution is -0.139. The number of carbonyl (C=O) groups excluding carboxylic acids is 1. The molecule has 1 atom stereocenters. The fraction of sp³-hybridized carbons (Fsp3) is 0.375. The van der Waals surface area contributed by atoms with Crippen LogP contribution in [0.2, 0.25) is 5.02 Å². The summed E-state index contributed by atoms with van der Waals surface area (Å²) in [6.45, 7) is 3.76. The van der Waals surface area contributed by atoms with Gasteiger partial charge in [0.1, 0.15) is 6.04 Å². The molecule has 26 heavy (non-hydrogen) atoms. The van der Waals surface area contributed by atoms with Gasteiger partial charge in [-0.15, -0.1) is 0 Å². The molecule has 0 saturated heterocycles. The number of halogens is 1. The number of allylic oxidation sites excluding steroid dienone is 1. The summed E-state index contributed by atoms with van der Waals surface area (Å²) in [6.07, 6.45) is 0. The molecule has 1 aromatic heterocycles. The highest BCUT2D eigenvalue weighted by Crippen LogP contribution is 2.42. The van der Waals surface area contributed by atoms with Gasteiger partial charge in [0.15, 0.2) is 11.5 Å². The number of tetrazole rings is 1. The van der Waals surface area contributed by atoms with Crippen LogP contribution in [-0.4, -0.2) is 47.0 Å². The first-order chi connectivity index (χ1) is 12.5. The summed E-state index contributed by atoms with van der Waals surface area (Å²) in [5.41, 5.74) is 1.64. The largest absolute Gasteiger partial charge is 0.493 e. The maximum absolute atomic E-state index is 12.6. The smallest absolute Gasteiger partial charge is 0.338 e. The van der Waals surface area contributed by atoms with Crippen molar-refractivity contribution >= 4 is 23.5 Å². The zero-order valence-corrected chi connectivity index (χ0v) is 15.5. The van der Waals surface area contributed by atoms with Crippen LogP contribution in [0.3, 0.4) is 0 Å². The van der Waals surface area contributed by atoms with Gasteiger partial charge in [-0.2, -0.15) is 4.68 Å². The number of carbonyl (C=O) groups is 1. The number of benzene rings is 1. The van der Waals surface area contributed by atoms with Crippen molar-refractivity contribution in [1.82, 2.24) is 20.2 Å². The maximum Gasteiger partial charge on any atom is 0.338 e. The zero-order chi connectivity index (χ0) is 18.8. The van der Waals surface area contributed by atoms with E-state index >= 15 is 0 Å². The maximum atomic E-state index is 12.6. The molecule has 1 N–H and O–H groups in total. The van der Waals surface area contributed by atoms with Crippen LogP contribution in [0.5, 0.6) is 11.5 Å². The highest BCUT2D eigenvalue weighted by atomic mass is 35.5. The normalized spacial score (nSPS) is 16.0. The minimum absolute atomic E-state index is 0.248. The lowest BCUT2D eigenvalue weighted by atomic mass is 9.95. The Morgan fingerprint density at radius 2 is 2.12 bits per heavy atom.